The predicted octanol–water partition coefficient (Wildman–Crippen LogP) is 3.00. The number of nitro benzene ring substituents is 1. The molecule has 1 aliphatic rings. The molecule has 0 bridgehead atoms. The summed E-state index contributed by atoms with van der Waals surface area (Å²) in [6.07, 6.45) is 5.04. The molecular formula is C19H19N3O5. The molecule has 0 radical (unpaired) electrons. The molecule has 1 fully saturated rings. The van der Waals surface area contributed by atoms with Crippen LogP contribution in [-0.4, -0.2) is 33.8 Å². The van der Waals surface area contributed by atoms with Crippen LogP contribution >= 0.6 is 0 Å². The summed E-state index contributed by atoms with van der Waals surface area (Å²) in [5.74, 6) is 0.539. The largest absolute Gasteiger partial charge is 0.487 e. The monoisotopic (exact) mass is 369 g/mol. The van der Waals surface area contributed by atoms with E-state index in [0.717, 1.165) is 19.4 Å². The van der Waals surface area contributed by atoms with Gasteiger partial charge in [-0.05, 0) is 25.0 Å². The van der Waals surface area contributed by atoms with Crippen LogP contribution in [0.5, 0.6) is 5.75 Å². The summed E-state index contributed by atoms with van der Waals surface area (Å²) >= 11 is 0. The van der Waals surface area contributed by atoms with Crippen molar-refractivity contribution in [2.24, 2.45) is 7.05 Å². The van der Waals surface area contributed by atoms with Crippen molar-refractivity contribution in [1.82, 2.24) is 9.55 Å². The second-order valence-electron chi connectivity index (χ2n) is 6.62. The minimum Gasteiger partial charge on any atom is -0.487 e. The van der Waals surface area contributed by atoms with Crippen molar-refractivity contribution < 1.29 is 14.4 Å². The van der Waals surface area contributed by atoms with E-state index in [1.54, 1.807) is 31.6 Å². The van der Waals surface area contributed by atoms with Gasteiger partial charge in [0.25, 0.3) is 11.2 Å². The molecule has 3 aromatic rings. The Hall–Kier alpha value is -3.13. The van der Waals surface area contributed by atoms with E-state index in [-0.39, 0.29) is 17.4 Å². The molecule has 0 amide bonds. The van der Waals surface area contributed by atoms with Gasteiger partial charge >= 0.3 is 0 Å². The van der Waals surface area contributed by atoms with E-state index in [4.69, 9.17) is 9.47 Å². The Bertz CT molecular complexity index is 1060. The Labute approximate surface area is 154 Å². The maximum atomic E-state index is 12.3. The number of aromatic amines is 1. The van der Waals surface area contributed by atoms with Crippen molar-refractivity contribution in [3.05, 3.63) is 57.1 Å². The molecule has 1 saturated heterocycles. The predicted molar refractivity (Wildman–Crippen MR) is 100 cm³/mol. The molecule has 0 spiro atoms. The number of nitrogens with one attached hydrogen (secondary N) is 1. The van der Waals surface area contributed by atoms with Crippen LogP contribution in [0.2, 0.25) is 0 Å². The average Bonchev–Trinajstić information content (AvgIpc) is 3.16. The molecule has 27 heavy (non-hydrogen) atoms. The van der Waals surface area contributed by atoms with Crippen LogP contribution < -0.4 is 10.3 Å². The first-order valence-corrected chi connectivity index (χ1v) is 8.74. The van der Waals surface area contributed by atoms with Crippen molar-refractivity contribution in [1.29, 1.82) is 0 Å². The van der Waals surface area contributed by atoms with E-state index in [1.807, 2.05) is 0 Å². The standard InChI is InChI=1S/C19H19N3O5/c1-21-10-16(14-6-7-20-18(14)19(21)23)15-9-12(22(24)25)4-5-17(15)27-13-3-2-8-26-11-13/h4-7,9-10,13,20H,2-3,8,11H2,1H3. The SMILES string of the molecule is Cn1cc(-c2cc([N+](=O)[O-])ccc2OC2CCCOC2)c2cc[nH]c2c1=O. The molecule has 1 unspecified atom stereocenters. The summed E-state index contributed by atoms with van der Waals surface area (Å²) in [7, 11) is 1.65. The molecule has 140 valence electrons. The number of rotatable bonds is 4. The summed E-state index contributed by atoms with van der Waals surface area (Å²) in [4.78, 5) is 26.1. The zero-order chi connectivity index (χ0) is 19.0. The van der Waals surface area contributed by atoms with Gasteiger partial charge < -0.3 is 19.0 Å². The normalized spacial score (nSPS) is 17.1. The molecule has 4 rings (SSSR count). The third-order valence-electron chi connectivity index (χ3n) is 4.77. The zero-order valence-corrected chi connectivity index (χ0v) is 14.8. The van der Waals surface area contributed by atoms with E-state index in [1.165, 1.54) is 16.7 Å². The van der Waals surface area contributed by atoms with E-state index in [9.17, 15) is 14.9 Å². The topological polar surface area (TPSA) is 99.4 Å². The summed E-state index contributed by atoms with van der Waals surface area (Å²) in [5.41, 5.74) is 1.54. The smallest absolute Gasteiger partial charge is 0.274 e. The number of nitrogens with zero attached hydrogens (tertiary/aromatic N) is 2. The highest BCUT2D eigenvalue weighted by Gasteiger charge is 2.21. The van der Waals surface area contributed by atoms with E-state index in [2.05, 4.69) is 4.98 Å². The van der Waals surface area contributed by atoms with Crippen LogP contribution in [0, 0.1) is 10.1 Å². The lowest BCUT2D eigenvalue weighted by Crippen LogP contribution is -2.28. The molecule has 1 aromatic carbocycles. The number of benzene rings is 1. The number of aryl methyl sites for hydroxylation is 1. The lowest BCUT2D eigenvalue weighted by Gasteiger charge is -2.24. The molecule has 8 nitrogen and oxygen atoms in total. The molecule has 0 aliphatic carbocycles. The first-order valence-electron chi connectivity index (χ1n) is 8.74. The Kier molecular flexibility index (Phi) is 4.41. The quantitative estimate of drug-likeness (QED) is 0.563. The molecular weight excluding hydrogens is 350 g/mol. The minimum atomic E-state index is -0.437. The van der Waals surface area contributed by atoms with Crippen molar-refractivity contribution in [2.45, 2.75) is 18.9 Å². The van der Waals surface area contributed by atoms with Crippen LogP contribution in [0.1, 0.15) is 12.8 Å². The molecule has 0 saturated carbocycles. The van der Waals surface area contributed by atoms with Crippen LogP contribution in [-0.2, 0) is 11.8 Å². The number of ether oxygens (including phenoxy) is 2. The van der Waals surface area contributed by atoms with Gasteiger partial charge in [0, 0.05) is 54.7 Å². The van der Waals surface area contributed by atoms with Gasteiger partial charge in [-0.3, -0.25) is 14.9 Å². The van der Waals surface area contributed by atoms with Gasteiger partial charge in [0.1, 0.15) is 17.4 Å². The maximum Gasteiger partial charge on any atom is 0.274 e. The van der Waals surface area contributed by atoms with Crippen LogP contribution in [0.3, 0.4) is 0 Å². The molecule has 8 heteroatoms. The Morgan fingerprint density at radius 1 is 1.33 bits per heavy atom. The third kappa shape index (κ3) is 3.19. The summed E-state index contributed by atoms with van der Waals surface area (Å²) in [6, 6.07) is 6.33. The first-order chi connectivity index (χ1) is 13.0. The summed E-state index contributed by atoms with van der Waals surface area (Å²) in [5, 5.41) is 12.0. The number of aromatic nitrogens is 2. The summed E-state index contributed by atoms with van der Waals surface area (Å²) in [6.45, 7) is 1.21. The second-order valence-corrected chi connectivity index (χ2v) is 6.62. The number of fused-ring (bicyclic) bond motifs is 1. The fraction of sp³-hybridized carbons (Fsp3) is 0.316. The average molecular weight is 369 g/mol. The Morgan fingerprint density at radius 3 is 2.93 bits per heavy atom. The number of H-pyrrole nitrogens is 1. The highest BCUT2D eigenvalue weighted by molar-refractivity contribution is 5.96. The number of hydrogen-bond donors (Lipinski definition) is 1. The highest BCUT2D eigenvalue weighted by Crippen LogP contribution is 2.37. The van der Waals surface area contributed by atoms with Gasteiger partial charge in [-0.1, -0.05) is 0 Å². The van der Waals surface area contributed by atoms with E-state index in [0.29, 0.717) is 34.4 Å². The summed E-state index contributed by atoms with van der Waals surface area (Å²) < 4.78 is 13.1. The number of nitro groups is 1. The van der Waals surface area contributed by atoms with Gasteiger partial charge in [-0.25, -0.2) is 0 Å². The van der Waals surface area contributed by atoms with Crippen molar-refractivity contribution in [3.8, 4) is 16.9 Å². The van der Waals surface area contributed by atoms with Crippen LogP contribution in [0.4, 0.5) is 5.69 Å². The van der Waals surface area contributed by atoms with Crippen LogP contribution in [0.25, 0.3) is 22.0 Å². The van der Waals surface area contributed by atoms with Gasteiger partial charge in [0.2, 0.25) is 0 Å². The van der Waals surface area contributed by atoms with Crippen LogP contribution in [0.15, 0.2) is 41.5 Å². The van der Waals surface area contributed by atoms with Crippen molar-refractivity contribution in [2.75, 3.05) is 13.2 Å². The highest BCUT2D eigenvalue weighted by atomic mass is 16.6. The first kappa shape index (κ1) is 17.3. The maximum absolute atomic E-state index is 12.3. The molecule has 1 atom stereocenters. The third-order valence-corrected chi connectivity index (χ3v) is 4.77. The Morgan fingerprint density at radius 2 is 2.19 bits per heavy atom. The van der Waals surface area contributed by atoms with Gasteiger partial charge in [0.15, 0.2) is 0 Å². The van der Waals surface area contributed by atoms with E-state index < -0.39 is 4.92 Å². The number of non-ortho nitro benzene ring substituents is 1. The Balaban J connectivity index is 1.88. The lowest BCUT2D eigenvalue weighted by atomic mass is 10.0. The minimum absolute atomic E-state index is 0.0326. The molecule has 1 aliphatic heterocycles. The molecule has 3 heterocycles. The molecule has 2 aromatic heterocycles. The fourth-order valence-corrected chi connectivity index (χ4v) is 3.41. The number of hydrogen-bond acceptors (Lipinski definition) is 5. The zero-order valence-electron chi connectivity index (χ0n) is 14.8. The lowest BCUT2D eigenvalue weighted by molar-refractivity contribution is -0.384. The molecule has 1 N–H and O–H groups in total. The van der Waals surface area contributed by atoms with Gasteiger partial charge in [-0.15, -0.1) is 0 Å². The second kappa shape index (κ2) is 6.88. The van der Waals surface area contributed by atoms with Gasteiger partial charge in [0.05, 0.1) is 11.5 Å². The van der Waals surface area contributed by atoms with Crippen molar-refractivity contribution >= 4 is 16.6 Å². The van der Waals surface area contributed by atoms with Crippen molar-refractivity contribution in [3.63, 3.8) is 0 Å². The van der Waals surface area contributed by atoms with E-state index >= 15 is 0 Å². The number of pyridine rings is 1. The fourth-order valence-electron chi connectivity index (χ4n) is 3.41. The van der Waals surface area contributed by atoms with Gasteiger partial charge in [-0.2, -0.15) is 0 Å².